The number of benzene rings is 1. The Morgan fingerprint density at radius 3 is 2.67 bits per heavy atom. The summed E-state index contributed by atoms with van der Waals surface area (Å²) in [6.45, 7) is 1.07. The summed E-state index contributed by atoms with van der Waals surface area (Å²) < 4.78 is 10.9. The number of hydrogen-bond donors (Lipinski definition) is 3. The highest BCUT2D eigenvalue weighted by molar-refractivity contribution is 8.04. The molecule has 0 unspecified atom stereocenters. The Kier molecular flexibility index (Phi) is 8.83. The number of amides is 2. The topological polar surface area (TPSA) is 107 Å². The SMILES string of the molecule is O=C(NCCCc1ccccc1)[C@@H]1CCCCN1C(=O)CSCP(=O)(O)O. The highest BCUT2D eigenvalue weighted by Gasteiger charge is 2.31. The van der Waals surface area contributed by atoms with Crippen LogP contribution in [0.2, 0.25) is 0 Å². The van der Waals surface area contributed by atoms with Crippen molar-refractivity contribution in [3.63, 3.8) is 0 Å². The van der Waals surface area contributed by atoms with Crippen LogP contribution in [0.3, 0.4) is 0 Å². The number of nitrogens with zero attached hydrogens (tertiary/aromatic N) is 1. The predicted molar refractivity (Wildman–Crippen MR) is 106 cm³/mol. The van der Waals surface area contributed by atoms with E-state index in [0.717, 1.165) is 37.4 Å². The van der Waals surface area contributed by atoms with Crippen molar-refractivity contribution in [3.05, 3.63) is 35.9 Å². The first-order valence-corrected chi connectivity index (χ1v) is 12.1. The maximum atomic E-state index is 12.5. The van der Waals surface area contributed by atoms with E-state index in [2.05, 4.69) is 17.4 Å². The second kappa shape index (κ2) is 10.9. The normalized spacial score (nSPS) is 17.6. The third kappa shape index (κ3) is 8.05. The van der Waals surface area contributed by atoms with Gasteiger partial charge in [-0.1, -0.05) is 30.3 Å². The minimum Gasteiger partial charge on any atom is -0.354 e. The molecule has 0 saturated carbocycles. The number of rotatable bonds is 9. The van der Waals surface area contributed by atoms with Gasteiger partial charge in [-0.25, -0.2) is 0 Å². The maximum Gasteiger partial charge on any atom is 0.335 e. The van der Waals surface area contributed by atoms with Gasteiger partial charge in [0.05, 0.1) is 11.2 Å². The third-order valence-electron chi connectivity index (χ3n) is 4.40. The molecule has 0 spiro atoms. The molecule has 1 saturated heterocycles. The van der Waals surface area contributed by atoms with Crippen molar-refractivity contribution < 1.29 is 23.9 Å². The number of nitrogens with one attached hydrogen (secondary N) is 1. The van der Waals surface area contributed by atoms with E-state index in [4.69, 9.17) is 9.79 Å². The molecule has 150 valence electrons. The lowest BCUT2D eigenvalue weighted by molar-refractivity contribution is -0.140. The molecular weight excluding hydrogens is 387 g/mol. The monoisotopic (exact) mass is 414 g/mol. The average Bonchev–Trinajstić information content (AvgIpc) is 2.65. The number of likely N-dealkylation sites (tertiary alicyclic amines) is 1. The molecule has 0 aromatic heterocycles. The van der Waals surface area contributed by atoms with E-state index >= 15 is 0 Å². The highest BCUT2D eigenvalue weighted by atomic mass is 32.2. The molecule has 2 amide bonds. The van der Waals surface area contributed by atoms with Gasteiger partial charge in [0.2, 0.25) is 11.8 Å². The lowest BCUT2D eigenvalue weighted by Crippen LogP contribution is -2.52. The summed E-state index contributed by atoms with van der Waals surface area (Å²) in [6, 6.07) is 9.57. The Labute approximate surface area is 164 Å². The number of thioether (sulfide) groups is 1. The van der Waals surface area contributed by atoms with Crippen LogP contribution in [0.5, 0.6) is 0 Å². The Hall–Kier alpha value is -1.34. The van der Waals surface area contributed by atoms with Gasteiger partial charge in [0.15, 0.2) is 0 Å². The van der Waals surface area contributed by atoms with Gasteiger partial charge in [0.25, 0.3) is 0 Å². The van der Waals surface area contributed by atoms with Gasteiger partial charge in [-0.2, -0.15) is 0 Å². The van der Waals surface area contributed by atoms with E-state index < -0.39 is 13.6 Å². The summed E-state index contributed by atoms with van der Waals surface area (Å²) in [6.07, 6.45) is 4.07. The first-order chi connectivity index (χ1) is 12.9. The van der Waals surface area contributed by atoms with Gasteiger partial charge < -0.3 is 20.0 Å². The van der Waals surface area contributed by atoms with Crippen molar-refractivity contribution in [2.45, 2.75) is 38.1 Å². The summed E-state index contributed by atoms with van der Waals surface area (Å²) in [4.78, 5) is 44.2. The molecule has 7 nitrogen and oxygen atoms in total. The quantitative estimate of drug-likeness (QED) is 0.421. The van der Waals surface area contributed by atoms with Crippen molar-refractivity contribution in [2.24, 2.45) is 0 Å². The van der Waals surface area contributed by atoms with Crippen LogP contribution in [-0.4, -0.2) is 56.9 Å². The Balaban J connectivity index is 1.77. The third-order valence-corrected chi connectivity index (χ3v) is 6.92. The van der Waals surface area contributed by atoms with Gasteiger partial charge in [0, 0.05) is 13.1 Å². The van der Waals surface area contributed by atoms with Crippen molar-refractivity contribution >= 4 is 31.2 Å². The van der Waals surface area contributed by atoms with Crippen LogP contribution in [-0.2, 0) is 20.6 Å². The zero-order chi connectivity index (χ0) is 19.7. The molecule has 9 heteroatoms. The van der Waals surface area contributed by atoms with Crippen LogP contribution < -0.4 is 5.32 Å². The van der Waals surface area contributed by atoms with Gasteiger partial charge in [0.1, 0.15) is 6.04 Å². The predicted octanol–water partition coefficient (Wildman–Crippen LogP) is 1.98. The summed E-state index contributed by atoms with van der Waals surface area (Å²) in [5.74, 6) is -0.406. The Bertz CT molecular complexity index is 667. The summed E-state index contributed by atoms with van der Waals surface area (Å²) >= 11 is 0.909. The molecule has 1 heterocycles. The lowest BCUT2D eigenvalue weighted by Gasteiger charge is -2.34. The van der Waals surface area contributed by atoms with E-state index in [9.17, 15) is 14.2 Å². The Morgan fingerprint density at radius 1 is 1.22 bits per heavy atom. The van der Waals surface area contributed by atoms with E-state index in [1.54, 1.807) is 4.90 Å². The molecule has 1 aromatic carbocycles. The van der Waals surface area contributed by atoms with Crippen molar-refractivity contribution in [2.75, 3.05) is 24.3 Å². The molecule has 3 N–H and O–H groups in total. The molecule has 1 aromatic rings. The molecule has 2 rings (SSSR count). The number of piperidine rings is 1. The van der Waals surface area contributed by atoms with Crippen LogP contribution in [0, 0.1) is 0 Å². The second-order valence-corrected chi connectivity index (χ2v) is 9.68. The summed E-state index contributed by atoms with van der Waals surface area (Å²) in [7, 11) is -4.13. The first kappa shape index (κ1) is 22.0. The summed E-state index contributed by atoms with van der Waals surface area (Å²) in [5, 5.41) is 2.92. The van der Waals surface area contributed by atoms with E-state index in [0.29, 0.717) is 19.5 Å². The van der Waals surface area contributed by atoms with Crippen LogP contribution in [0.15, 0.2) is 30.3 Å². The zero-order valence-corrected chi connectivity index (χ0v) is 17.0. The van der Waals surface area contributed by atoms with Gasteiger partial charge >= 0.3 is 7.60 Å². The van der Waals surface area contributed by atoms with E-state index in [1.807, 2.05) is 18.2 Å². The van der Waals surface area contributed by atoms with Crippen LogP contribution in [0.25, 0.3) is 0 Å². The minimum atomic E-state index is -4.13. The van der Waals surface area contributed by atoms with Crippen LogP contribution in [0.4, 0.5) is 0 Å². The number of carbonyl (C=O) groups excluding carboxylic acids is 2. The van der Waals surface area contributed by atoms with Crippen LogP contribution >= 0.6 is 19.4 Å². The standard InChI is InChI=1S/C18H27N2O5PS/c21-17(13-27-14-26(23,24)25)20-12-5-4-10-16(20)18(22)19-11-6-9-15-7-2-1-3-8-15/h1-3,7-8,16H,4-6,9-14H2,(H,19,22)(H2,23,24,25)/t16-/m0/s1. The summed E-state index contributed by atoms with van der Waals surface area (Å²) in [5.41, 5.74) is 0.839. The highest BCUT2D eigenvalue weighted by Crippen LogP contribution is 2.38. The zero-order valence-electron chi connectivity index (χ0n) is 15.2. The fourth-order valence-corrected chi connectivity index (χ4v) is 4.76. The molecule has 1 aliphatic heterocycles. The van der Waals surface area contributed by atoms with Crippen LogP contribution in [0.1, 0.15) is 31.2 Å². The molecule has 1 fully saturated rings. The molecule has 1 aliphatic rings. The lowest BCUT2D eigenvalue weighted by atomic mass is 10.0. The minimum absolute atomic E-state index is 0.0249. The number of carbonyl (C=O) groups is 2. The van der Waals surface area contributed by atoms with E-state index in [1.165, 1.54) is 5.56 Å². The van der Waals surface area contributed by atoms with Gasteiger partial charge in [-0.3, -0.25) is 14.2 Å². The molecule has 27 heavy (non-hydrogen) atoms. The Morgan fingerprint density at radius 2 is 1.96 bits per heavy atom. The average molecular weight is 414 g/mol. The molecular formula is C18H27N2O5PS. The maximum absolute atomic E-state index is 12.5. The second-order valence-electron chi connectivity index (χ2n) is 6.62. The molecule has 0 radical (unpaired) electrons. The molecule has 0 aliphatic carbocycles. The first-order valence-electron chi connectivity index (χ1n) is 9.10. The number of hydrogen-bond acceptors (Lipinski definition) is 4. The van der Waals surface area contributed by atoms with Gasteiger partial charge in [-0.05, 0) is 37.7 Å². The molecule has 0 bridgehead atoms. The van der Waals surface area contributed by atoms with Crippen molar-refractivity contribution in [1.82, 2.24) is 10.2 Å². The number of aryl methyl sites for hydroxylation is 1. The van der Waals surface area contributed by atoms with E-state index in [-0.39, 0.29) is 23.1 Å². The fourth-order valence-electron chi connectivity index (χ4n) is 3.10. The smallest absolute Gasteiger partial charge is 0.335 e. The van der Waals surface area contributed by atoms with Crippen molar-refractivity contribution in [1.29, 1.82) is 0 Å². The van der Waals surface area contributed by atoms with Gasteiger partial charge in [-0.15, -0.1) is 11.8 Å². The molecule has 1 atom stereocenters. The van der Waals surface area contributed by atoms with Crippen molar-refractivity contribution in [3.8, 4) is 0 Å². The largest absolute Gasteiger partial charge is 0.354 e. The fraction of sp³-hybridized carbons (Fsp3) is 0.556.